The number of nitrogens with zero attached hydrogens (tertiary/aromatic N) is 1. The van der Waals surface area contributed by atoms with Gasteiger partial charge in [-0.2, -0.15) is 13.2 Å². The first-order valence-corrected chi connectivity index (χ1v) is 7.77. The van der Waals surface area contributed by atoms with Crippen LogP contribution >= 0.6 is 0 Å². The summed E-state index contributed by atoms with van der Waals surface area (Å²) in [5.74, 6) is -2.89. The van der Waals surface area contributed by atoms with Crippen molar-refractivity contribution in [2.24, 2.45) is 5.92 Å². The van der Waals surface area contributed by atoms with Crippen molar-refractivity contribution >= 4 is 11.7 Å². The van der Waals surface area contributed by atoms with Gasteiger partial charge in [0.25, 0.3) is 0 Å². The lowest BCUT2D eigenvalue weighted by atomic mass is 10.0. The minimum absolute atomic E-state index is 0.00200. The first kappa shape index (κ1) is 18.1. The van der Waals surface area contributed by atoms with Crippen LogP contribution in [0.1, 0.15) is 23.0 Å². The highest BCUT2D eigenvalue weighted by Crippen LogP contribution is 2.61. The number of amides is 1. The third-order valence-electron chi connectivity index (χ3n) is 4.34. The fourth-order valence-corrected chi connectivity index (χ4v) is 3.20. The molecule has 0 spiro atoms. The minimum Gasteiger partial charge on any atom is -0.361 e. The number of hydrogen-bond acceptors (Lipinski definition) is 4. The van der Waals surface area contributed by atoms with Gasteiger partial charge in [-0.15, -0.1) is 0 Å². The summed E-state index contributed by atoms with van der Waals surface area (Å²) in [7, 11) is 0. The molecular formula is C17H15F4N3O2. The average molecular weight is 369 g/mol. The quantitative estimate of drug-likeness (QED) is 0.430. The Morgan fingerprint density at radius 2 is 1.92 bits per heavy atom. The highest BCUT2D eigenvalue weighted by Gasteiger charge is 2.57. The predicted molar refractivity (Wildman–Crippen MR) is 84.1 cm³/mol. The lowest BCUT2D eigenvalue weighted by Crippen LogP contribution is -2.22. The van der Waals surface area contributed by atoms with Crippen molar-refractivity contribution in [2.45, 2.75) is 18.0 Å². The van der Waals surface area contributed by atoms with E-state index in [1.54, 1.807) is 23.7 Å². The standard InChI is InChI=1S/C17H15F4N3O2/c18-11-4-2-1-3-10(11)14-13(15(14)16(25)24-26)9-5-6-22-12(7-9)23-8-17(19,20)21/h1-7,13-15,26H,8H2,(H,22,23)(H,24,25). The van der Waals surface area contributed by atoms with Crippen molar-refractivity contribution < 1.29 is 27.6 Å². The maximum atomic E-state index is 14.1. The van der Waals surface area contributed by atoms with Crippen molar-refractivity contribution in [1.82, 2.24) is 10.5 Å². The summed E-state index contributed by atoms with van der Waals surface area (Å²) in [5.41, 5.74) is 2.41. The molecule has 5 nitrogen and oxygen atoms in total. The van der Waals surface area contributed by atoms with E-state index in [9.17, 15) is 22.4 Å². The molecule has 1 saturated carbocycles. The second kappa shape index (κ2) is 6.91. The molecule has 9 heteroatoms. The molecule has 1 heterocycles. The fourth-order valence-electron chi connectivity index (χ4n) is 3.20. The number of carbonyl (C=O) groups excluding carboxylic acids is 1. The second-order valence-corrected chi connectivity index (χ2v) is 6.02. The van der Waals surface area contributed by atoms with Crippen LogP contribution in [0.5, 0.6) is 0 Å². The van der Waals surface area contributed by atoms with E-state index in [0.29, 0.717) is 11.1 Å². The minimum atomic E-state index is -4.40. The molecule has 0 radical (unpaired) electrons. The molecule has 1 aliphatic carbocycles. The molecule has 1 aliphatic rings. The van der Waals surface area contributed by atoms with Gasteiger partial charge in [-0.05, 0) is 29.3 Å². The Bertz CT molecular complexity index is 813. The third-order valence-corrected chi connectivity index (χ3v) is 4.34. The Kier molecular flexibility index (Phi) is 4.82. The van der Waals surface area contributed by atoms with E-state index in [1.807, 2.05) is 0 Å². The Balaban J connectivity index is 1.87. The topological polar surface area (TPSA) is 74.2 Å². The van der Waals surface area contributed by atoms with Crippen molar-refractivity contribution in [3.05, 3.63) is 59.5 Å². The number of hydrogen-bond donors (Lipinski definition) is 3. The summed E-state index contributed by atoms with van der Waals surface area (Å²) in [6.45, 7) is -1.24. The molecule has 1 amide bonds. The van der Waals surface area contributed by atoms with Crippen LogP contribution in [-0.4, -0.2) is 28.8 Å². The molecule has 1 aromatic heterocycles. The van der Waals surface area contributed by atoms with Gasteiger partial charge in [0.15, 0.2) is 0 Å². The Labute approximate surface area is 146 Å². The number of aromatic nitrogens is 1. The van der Waals surface area contributed by atoms with E-state index in [1.165, 1.54) is 24.4 Å². The summed E-state index contributed by atoms with van der Waals surface area (Å²) >= 11 is 0. The first-order chi connectivity index (χ1) is 12.3. The fraction of sp³-hybridized carbons (Fsp3) is 0.294. The molecule has 1 fully saturated rings. The second-order valence-electron chi connectivity index (χ2n) is 6.02. The predicted octanol–water partition coefficient (Wildman–Crippen LogP) is 3.20. The number of halogens is 4. The molecular weight excluding hydrogens is 354 g/mol. The lowest BCUT2D eigenvalue weighted by molar-refractivity contribution is -0.130. The molecule has 3 rings (SSSR count). The summed E-state index contributed by atoms with van der Waals surface area (Å²) in [5, 5.41) is 11.1. The van der Waals surface area contributed by atoms with Gasteiger partial charge in [0.1, 0.15) is 18.2 Å². The zero-order valence-electron chi connectivity index (χ0n) is 13.3. The Morgan fingerprint density at radius 3 is 2.58 bits per heavy atom. The van der Waals surface area contributed by atoms with Gasteiger partial charge in [0.2, 0.25) is 5.91 Å². The highest BCUT2D eigenvalue weighted by molar-refractivity contribution is 5.84. The molecule has 1 aromatic carbocycles. The number of benzene rings is 1. The van der Waals surface area contributed by atoms with Gasteiger partial charge < -0.3 is 5.32 Å². The summed E-state index contributed by atoms with van der Waals surface area (Å²) in [4.78, 5) is 15.8. The van der Waals surface area contributed by atoms with Crippen LogP contribution in [0.2, 0.25) is 0 Å². The smallest absolute Gasteiger partial charge is 0.361 e. The Hall–Kier alpha value is -2.68. The number of alkyl halides is 3. The van der Waals surface area contributed by atoms with Crippen molar-refractivity contribution in [2.75, 3.05) is 11.9 Å². The summed E-state index contributed by atoms with van der Waals surface area (Å²) < 4.78 is 51.1. The van der Waals surface area contributed by atoms with Gasteiger partial charge in [-0.1, -0.05) is 18.2 Å². The zero-order chi connectivity index (χ0) is 18.9. The average Bonchev–Trinajstić information content (AvgIpc) is 3.35. The molecule has 3 atom stereocenters. The van der Waals surface area contributed by atoms with E-state index < -0.39 is 42.2 Å². The van der Waals surface area contributed by atoms with Gasteiger partial charge in [0.05, 0.1) is 5.92 Å². The number of hydroxylamine groups is 1. The van der Waals surface area contributed by atoms with E-state index in [0.717, 1.165) is 0 Å². The summed E-state index contributed by atoms with van der Waals surface area (Å²) in [6.07, 6.45) is -3.08. The van der Waals surface area contributed by atoms with Crippen LogP contribution in [0.15, 0.2) is 42.6 Å². The van der Waals surface area contributed by atoms with Crippen LogP contribution in [0.3, 0.4) is 0 Å². The zero-order valence-corrected chi connectivity index (χ0v) is 13.3. The first-order valence-electron chi connectivity index (χ1n) is 7.77. The maximum Gasteiger partial charge on any atom is 0.405 e. The van der Waals surface area contributed by atoms with Crippen LogP contribution in [0.25, 0.3) is 0 Å². The number of pyridine rings is 1. The number of rotatable bonds is 5. The van der Waals surface area contributed by atoms with Gasteiger partial charge in [-0.3, -0.25) is 10.0 Å². The number of anilines is 1. The van der Waals surface area contributed by atoms with Crippen LogP contribution in [0, 0.1) is 11.7 Å². The summed E-state index contributed by atoms with van der Waals surface area (Å²) in [6, 6.07) is 8.91. The van der Waals surface area contributed by atoms with Crippen LogP contribution in [-0.2, 0) is 4.79 Å². The van der Waals surface area contributed by atoms with E-state index in [4.69, 9.17) is 5.21 Å². The highest BCUT2D eigenvalue weighted by atomic mass is 19.4. The van der Waals surface area contributed by atoms with Gasteiger partial charge in [0, 0.05) is 18.0 Å². The third kappa shape index (κ3) is 3.77. The molecule has 0 saturated heterocycles. The molecule has 0 aliphatic heterocycles. The van der Waals surface area contributed by atoms with E-state index in [2.05, 4.69) is 10.3 Å². The van der Waals surface area contributed by atoms with Crippen molar-refractivity contribution in [3.63, 3.8) is 0 Å². The van der Waals surface area contributed by atoms with Crippen LogP contribution < -0.4 is 10.8 Å². The van der Waals surface area contributed by atoms with Gasteiger partial charge >= 0.3 is 6.18 Å². The largest absolute Gasteiger partial charge is 0.405 e. The van der Waals surface area contributed by atoms with E-state index in [-0.39, 0.29) is 5.82 Å². The molecule has 138 valence electrons. The molecule has 0 bridgehead atoms. The molecule has 3 unspecified atom stereocenters. The molecule has 2 aromatic rings. The van der Waals surface area contributed by atoms with Crippen LogP contribution in [0.4, 0.5) is 23.4 Å². The molecule has 26 heavy (non-hydrogen) atoms. The number of carbonyl (C=O) groups is 1. The number of nitrogens with one attached hydrogen (secondary N) is 2. The normalized spacial score (nSPS) is 22.0. The maximum absolute atomic E-state index is 14.1. The molecule has 3 N–H and O–H groups in total. The van der Waals surface area contributed by atoms with Gasteiger partial charge in [-0.25, -0.2) is 14.9 Å². The van der Waals surface area contributed by atoms with Crippen molar-refractivity contribution in [1.29, 1.82) is 0 Å². The van der Waals surface area contributed by atoms with Crippen molar-refractivity contribution in [3.8, 4) is 0 Å². The lowest BCUT2D eigenvalue weighted by Gasteiger charge is -2.10. The SMILES string of the molecule is O=C(NO)C1C(c2ccnc(NCC(F)(F)F)c2)C1c1ccccc1F. The Morgan fingerprint density at radius 1 is 1.19 bits per heavy atom. The monoisotopic (exact) mass is 369 g/mol. The van der Waals surface area contributed by atoms with E-state index >= 15 is 0 Å².